The van der Waals surface area contributed by atoms with Crippen LogP contribution in [0.3, 0.4) is 0 Å². The van der Waals surface area contributed by atoms with Gasteiger partial charge in [0, 0.05) is 6.08 Å². The maximum Gasteiger partial charge on any atom is 0.322 e. The summed E-state index contributed by atoms with van der Waals surface area (Å²) in [6.07, 6.45) is 3.50. The average molecular weight is 379 g/mol. The van der Waals surface area contributed by atoms with Crippen molar-refractivity contribution in [3.63, 3.8) is 0 Å². The highest BCUT2D eigenvalue weighted by Crippen LogP contribution is 2.32. The Kier molecular flexibility index (Phi) is 4.92. The zero-order chi connectivity index (χ0) is 19.3. The summed E-state index contributed by atoms with van der Waals surface area (Å²) in [5.74, 6) is 2.15. The van der Waals surface area contributed by atoms with Crippen molar-refractivity contribution in [2.75, 3.05) is 19.2 Å². The third-order valence-electron chi connectivity index (χ3n) is 4.04. The molecule has 28 heavy (non-hydrogen) atoms. The minimum Gasteiger partial charge on any atom is -0.497 e. The number of aromatic nitrogens is 2. The van der Waals surface area contributed by atoms with Gasteiger partial charge in [-0.1, -0.05) is 23.3 Å². The normalized spacial score (nSPS) is 12.3. The number of hydrogen-bond donors (Lipinski definition) is 1. The third-order valence-corrected chi connectivity index (χ3v) is 4.04. The first-order chi connectivity index (χ1) is 13.7. The Labute approximate surface area is 160 Å². The molecule has 3 aromatic rings. The molecule has 142 valence electrons. The van der Waals surface area contributed by atoms with Crippen LogP contribution in [0, 0.1) is 0 Å². The van der Waals surface area contributed by atoms with E-state index in [9.17, 15) is 4.79 Å². The molecule has 1 N–H and O–H groups in total. The number of benzene rings is 2. The number of nitrogens with one attached hydrogen (secondary N) is 1. The van der Waals surface area contributed by atoms with Crippen LogP contribution >= 0.6 is 0 Å². The molecule has 8 heteroatoms. The second-order valence-corrected chi connectivity index (χ2v) is 5.96. The minimum atomic E-state index is -0.377. The highest BCUT2D eigenvalue weighted by atomic mass is 16.7. The molecular formula is C20H17N3O5. The lowest BCUT2D eigenvalue weighted by atomic mass is 10.1. The number of methoxy groups -OCH3 is 1. The molecule has 4 rings (SSSR count). The Balaban J connectivity index is 1.34. The lowest BCUT2D eigenvalue weighted by Crippen LogP contribution is -2.07. The van der Waals surface area contributed by atoms with E-state index in [0.717, 1.165) is 16.9 Å². The predicted octanol–water partition coefficient (Wildman–Crippen LogP) is 3.05. The topological polar surface area (TPSA) is 95.7 Å². The van der Waals surface area contributed by atoms with Crippen LogP contribution in [0.15, 0.2) is 53.0 Å². The van der Waals surface area contributed by atoms with Crippen LogP contribution in [-0.4, -0.2) is 30.0 Å². The van der Waals surface area contributed by atoms with Crippen molar-refractivity contribution in [2.45, 2.75) is 6.42 Å². The molecule has 0 saturated carbocycles. The van der Waals surface area contributed by atoms with E-state index in [1.165, 1.54) is 6.08 Å². The van der Waals surface area contributed by atoms with Crippen molar-refractivity contribution in [3.05, 3.63) is 65.6 Å². The van der Waals surface area contributed by atoms with Crippen LogP contribution in [0.4, 0.5) is 6.01 Å². The van der Waals surface area contributed by atoms with Crippen LogP contribution in [0.25, 0.3) is 6.08 Å². The van der Waals surface area contributed by atoms with Gasteiger partial charge in [0.05, 0.1) is 13.5 Å². The Morgan fingerprint density at radius 2 is 1.96 bits per heavy atom. The van der Waals surface area contributed by atoms with Gasteiger partial charge < -0.3 is 18.6 Å². The molecule has 0 aliphatic carbocycles. The molecule has 0 bridgehead atoms. The van der Waals surface area contributed by atoms with Crippen molar-refractivity contribution in [3.8, 4) is 17.2 Å². The van der Waals surface area contributed by atoms with Gasteiger partial charge in [-0.25, -0.2) is 0 Å². The number of nitrogens with zero attached hydrogens (tertiary/aromatic N) is 2. The van der Waals surface area contributed by atoms with E-state index in [1.807, 2.05) is 30.3 Å². The maximum atomic E-state index is 12.1. The van der Waals surface area contributed by atoms with E-state index < -0.39 is 0 Å². The van der Waals surface area contributed by atoms with E-state index >= 15 is 0 Å². The van der Waals surface area contributed by atoms with Crippen molar-refractivity contribution >= 4 is 18.0 Å². The summed E-state index contributed by atoms with van der Waals surface area (Å²) in [5, 5.41) is 10.3. The Morgan fingerprint density at radius 1 is 1.14 bits per heavy atom. The first kappa shape index (κ1) is 17.6. The fourth-order valence-electron chi connectivity index (χ4n) is 2.63. The smallest absolute Gasteiger partial charge is 0.322 e. The number of amides is 1. The lowest BCUT2D eigenvalue weighted by molar-refractivity contribution is -0.112. The third kappa shape index (κ3) is 4.12. The molecule has 0 atom stereocenters. The Bertz CT molecular complexity index is 1010. The van der Waals surface area contributed by atoms with Gasteiger partial charge in [0.2, 0.25) is 12.7 Å². The molecule has 0 fully saturated rings. The van der Waals surface area contributed by atoms with Crippen molar-refractivity contribution in [1.29, 1.82) is 0 Å². The quantitative estimate of drug-likeness (QED) is 0.658. The molecule has 1 amide bonds. The zero-order valence-corrected chi connectivity index (χ0v) is 15.0. The minimum absolute atomic E-state index is 0.0452. The van der Waals surface area contributed by atoms with Gasteiger partial charge in [-0.3, -0.25) is 10.1 Å². The monoisotopic (exact) mass is 379 g/mol. The summed E-state index contributed by atoms with van der Waals surface area (Å²) < 4.78 is 21.2. The summed E-state index contributed by atoms with van der Waals surface area (Å²) in [5.41, 5.74) is 1.80. The molecule has 8 nitrogen and oxygen atoms in total. The van der Waals surface area contributed by atoms with Gasteiger partial charge in [0.25, 0.3) is 5.91 Å². The highest BCUT2D eigenvalue weighted by Gasteiger charge is 2.13. The summed E-state index contributed by atoms with van der Waals surface area (Å²) in [6, 6.07) is 13.0. The number of anilines is 1. The number of hydrogen-bond acceptors (Lipinski definition) is 7. The van der Waals surface area contributed by atoms with Gasteiger partial charge in [-0.15, -0.1) is 5.10 Å². The molecule has 1 aromatic heterocycles. The molecule has 0 unspecified atom stereocenters. The number of rotatable bonds is 6. The van der Waals surface area contributed by atoms with Crippen LogP contribution in [0.2, 0.25) is 0 Å². The van der Waals surface area contributed by atoms with Crippen LogP contribution < -0.4 is 19.5 Å². The molecule has 2 aromatic carbocycles. The number of carbonyl (C=O) groups is 1. The van der Waals surface area contributed by atoms with E-state index in [-0.39, 0.29) is 18.7 Å². The Morgan fingerprint density at radius 3 is 2.79 bits per heavy atom. The Hall–Kier alpha value is -3.81. The molecule has 0 spiro atoms. The maximum absolute atomic E-state index is 12.1. The van der Waals surface area contributed by atoms with Crippen LogP contribution in [0.5, 0.6) is 17.2 Å². The first-order valence-corrected chi connectivity index (χ1v) is 8.53. The van der Waals surface area contributed by atoms with Gasteiger partial charge in [-0.2, -0.15) is 0 Å². The summed E-state index contributed by atoms with van der Waals surface area (Å²) in [6.45, 7) is 0.207. The van der Waals surface area contributed by atoms with Crippen molar-refractivity contribution < 1.29 is 23.4 Å². The summed E-state index contributed by atoms with van der Waals surface area (Å²) >= 11 is 0. The van der Waals surface area contributed by atoms with Gasteiger partial charge >= 0.3 is 6.01 Å². The van der Waals surface area contributed by atoms with Crippen molar-refractivity contribution in [1.82, 2.24) is 10.2 Å². The van der Waals surface area contributed by atoms with Crippen LogP contribution in [-0.2, 0) is 11.2 Å². The number of ether oxygens (including phenoxy) is 3. The second kappa shape index (κ2) is 7.83. The van der Waals surface area contributed by atoms with Crippen LogP contribution in [0.1, 0.15) is 17.0 Å². The molecule has 2 heterocycles. The predicted molar refractivity (Wildman–Crippen MR) is 100 cm³/mol. The zero-order valence-electron chi connectivity index (χ0n) is 15.0. The molecule has 0 saturated heterocycles. The van der Waals surface area contributed by atoms with E-state index in [2.05, 4.69) is 15.5 Å². The second-order valence-electron chi connectivity index (χ2n) is 5.96. The molecular weight excluding hydrogens is 362 g/mol. The molecule has 0 radical (unpaired) electrons. The standard InChI is InChI=1S/C20H17N3O5/c1-25-15-6-2-14(3-7-15)11-19-22-23-20(28-19)21-18(24)9-5-13-4-8-16-17(10-13)27-12-26-16/h2-10H,11-12H2,1H3,(H,21,23,24). The fraction of sp³-hybridized carbons (Fsp3) is 0.150. The number of carbonyl (C=O) groups excluding carboxylic acids is 1. The summed E-state index contributed by atoms with van der Waals surface area (Å²) in [4.78, 5) is 12.1. The summed E-state index contributed by atoms with van der Waals surface area (Å²) in [7, 11) is 1.61. The van der Waals surface area contributed by atoms with Gasteiger partial charge in [0.1, 0.15) is 5.75 Å². The average Bonchev–Trinajstić information content (AvgIpc) is 3.36. The SMILES string of the molecule is COc1ccc(Cc2nnc(NC(=O)C=Cc3ccc4c(c3)OCO4)o2)cc1. The fourth-order valence-corrected chi connectivity index (χ4v) is 2.63. The van der Waals surface area contributed by atoms with E-state index in [0.29, 0.717) is 23.8 Å². The highest BCUT2D eigenvalue weighted by molar-refractivity contribution is 6.00. The van der Waals surface area contributed by atoms with E-state index in [1.54, 1.807) is 25.3 Å². The molecule has 1 aliphatic rings. The largest absolute Gasteiger partial charge is 0.497 e. The lowest BCUT2D eigenvalue weighted by Gasteiger charge is -2.00. The van der Waals surface area contributed by atoms with Crippen molar-refractivity contribution in [2.24, 2.45) is 0 Å². The van der Waals surface area contributed by atoms with Gasteiger partial charge in [-0.05, 0) is 41.5 Å². The first-order valence-electron chi connectivity index (χ1n) is 8.53. The molecule has 1 aliphatic heterocycles. The van der Waals surface area contributed by atoms with Gasteiger partial charge in [0.15, 0.2) is 11.5 Å². The van der Waals surface area contributed by atoms with E-state index in [4.69, 9.17) is 18.6 Å². The number of fused-ring (bicyclic) bond motifs is 1.